The summed E-state index contributed by atoms with van der Waals surface area (Å²) in [5.74, 6) is -0.186. The molecule has 0 heterocycles. The molecular formula is C19H24N2O3S. The maximum absolute atomic E-state index is 12.4. The highest BCUT2D eigenvalue weighted by Gasteiger charge is 2.18. The van der Waals surface area contributed by atoms with E-state index in [1.165, 1.54) is 16.9 Å². The van der Waals surface area contributed by atoms with E-state index in [-0.39, 0.29) is 5.91 Å². The van der Waals surface area contributed by atoms with E-state index in [9.17, 15) is 13.2 Å². The number of hydrogen-bond acceptors (Lipinski definition) is 3. The Morgan fingerprint density at radius 3 is 2.40 bits per heavy atom. The number of rotatable bonds is 7. The van der Waals surface area contributed by atoms with Gasteiger partial charge in [-0.2, -0.15) is 0 Å². The standard InChI is InChI=1S/C19H24N2O3S/c1-15-17(12-7-13-18(15)21(2)25(3,23)24)19(22)20-14-8-11-16-9-5-4-6-10-16/h4-7,9-10,12-13H,8,11,14H2,1-3H3,(H,20,22). The number of nitrogens with one attached hydrogen (secondary N) is 1. The molecule has 0 unspecified atom stereocenters. The Bertz CT molecular complexity index is 833. The molecule has 2 aromatic carbocycles. The molecule has 0 saturated carbocycles. The monoisotopic (exact) mass is 360 g/mol. The lowest BCUT2D eigenvalue weighted by Crippen LogP contribution is -2.28. The molecule has 1 amide bonds. The zero-order valence-electron chi connectivity index (χ0n) is 14.8. The van der Waals surface area contributed by atoms with Crippen LogP contribution >= 0.6 is 0 Å². The Kier molecular flexibility index (Phi) is 6.20. The Morgan fingerprint density at radius 2 is 1.76 bits per heavy atom. The molecule has 1 N–H and O–H groups in total. The van der Waals surface area contributed by atoms with Crippen LogP contribution in [0.2, 0.25) is 0 Å². The van der Waals surface area contributed by atoms with Gasteiger partial charge in [0, 0.05) is 19.2 Å². The molecule has 0 spiro atoms. The smallest absolute Gasteiger partial charge is 0.251 e. The summed E-state index contributed by atoms with van der Waals surface area (Å²) >= 11 is 0. The fraction of sp³-hybridized carbons (Fsp3) is 0.316. The van der Waals surface area contributed by atoms with Crippen LogP contribution in [0, 0.1) is 6.92 Å². The van der Waals surface area contributed by atoms with Gasteiger partial charge in [0.15, 0.2) is 0 Å². The van der Waals surface area contributed by atoms with Gasteiger partial charge in [0.25, 0.3) is 5.91 Å². The topological polar surface area (TPSA) is 66.5 Å². The predicted octanol–water partition coefficient (Wildman–Crippen LogP) is 2.75. The number of nitrogens with zero attached hydrogens (tertiary/aromatic N) is 1. The number of benzene rings is 2. The van der Waals surface area contributed by atoms with Crippen LogP contribution < -0.4 is 9.62 Å². The van der Waals surface area contributed by atoms with Gasteiger partial charge in [-0.25, -0.2) is 8.42 Å². The number of anilines is 1. The molecule has 0 aliphatic carbocycles. The summed E-state index contributed by atoms with van der Waals surface area (Å²) in [7, 11) is -1.89. The quantitative estimate of drug-likeness (QED) is 0.772. The van der Waals surface area contributed by atoms with Gasteiger partial charge in [0.1, 0.15) is 0 Å². The molecule has 5 nitrogen and oxygen atoms in total. The van der Waals surface area contributed by atoms with E-state index in [1.54, 1.807) is 25.1 Å². The fourth-order valence-corrected chi connectivity index (χ4v) is 3.18. The highest BCUT2D eigenvalue weighted by atomic mass is 32.2. The molecule has 134 valence electrons. The zero-order chi connectivity index (χ0) is 18.4. The van der Waals surface area contributed by atoms with Crippen molar-refractivity contribution in [2.75, 3.05) is 24.2 Å². The number of sulfonamides is 1. The van der Waals surface area contributed by atoms with Crippen LogP contribution in [-0.4, -0.2) is 34.2 Å². The zero-order valence-corrected chi connectivity index (χ0v) is 15.6. The van der Waals surface area contributed by atoms with E-state index in [0.29, 0.717) is 23.4 Å². The normalized spacial score (nSPS) is 11.2. The molecule has 0 radical (unpaired) electrons. The van der Waals surface area contributed by atoms with Crippen LogP contribution in [0.5, 0.6) is 0 Å². The first kappa shape index (κ1) is 19.0. The molecular weight excluding hydrogens is 336 g/mol. The second kappa shape index (κ2) is 8.16. The van der Waals surface area contributed by atoms with Crippen LogP contribution in [0.25, 0.3) is 0 Å². The first-order chi connectivity index (χ1) is 11.8. The first-order valence-corrected chi connectivity index (χ1v) is 10.0. The largest absolute Gasteiger partial charge is 0.352 e. The molecule has 2 rings (SSSR count). The Balaban J connectivity index is 2.00. The lowest BCUT2D eigenvalue weighted by atomic mass is 10.1. The van der Waals surface area contributed by atoms with Crippen molar-refractivity contribution in [2.45, 2.75) is 19.8 Å². The van der Waals surface area contributed by atoms with Crippen LogP contribution in [0.4, 0.5) is 5.69 Å². The number of aryl methyl sites for hydroxylation is 1. The van der Waals surface area contributed by atoms with Crippen molar-refractivity contribution in [3.63, 3.8) is 0 Å². The molecule has 0 saturated heterocycles. The van der Waals surface area contributed by atoms with Gasteiger partial charge in [0.2, 0.25) is 10.0 Å². The minimum atomic E-state index is -3.37. The van der Waals surface area contributed by atoms with Gasteiger partial charge in [0.05, 0.1) is 11.9 Å². The van der Waals surface area contributed by atoms with Gasteiger partial charge in [-0.05, 0) is 43.0 Å². The minimum Gasteiger partial charge on any atom is -0.352 e. The number of carbonyl (C=O) groups is 1. The fourth-order valence-electron chi connectivity index (χ4n) is 2.62. The van der Waals surface area contributed by atoms with Gasteiger partial charge in [-0.1, -0.05) is 36.4 Å². The molecule has 0 aliphatic rings. The van der Waals surface area contributed by atoms with Crippen molar-refractivity contribution < 1.29 is 13.2 Å². The van der Waals surface area contributed by atoms with Gasteiger partial charge in [-0.15, -0.1) is 0 Å². The Labute approximate surface area is 149 Å². The SMILES string of the molecule is Cc1c(C(=O)NCCCc2ccccc2)cccc1N(C)S(C)(=O)=O. The van der Waals surface area contributed by atoms with Crippen LogP contribution in [0.1, 0.15) is 27.9 Å². The lowest BCUT2D eigenvalue weighted by Gasteiger charge is -2.20. The molecule has 6 heteroatoms. The minimum absolute atomic E-state index is 0.186. The predicted molar refractivity (Wildman–Crippen MR) is 102 cm³/mol. The highest BCUT2D eigenvalue weighted by molar-refractivity contribution is 7.92. The average molecular weight is 360 g/mol. The molecule has 2 aromatic rings. The number of amides is 1. The van der Waals surface area contributed by atoms with Gasteiger partial charge in [-0.3, -0.25) is 9.10 Å². The van der Waals surface area contributed by atoms with E-state index >= 15 is 0 Å². The molecule has 25 heavy (non-hydrogen) atoms. The van der Waals surface area contributed by atoms with Crippen LogP contribution in [0.3, 0.4) is 0 Å². The number of hydrogen-bond donors (Lipinski definition) is 1. The first-order valence-electron chi connectivity index (χ1n) is 8.16. The van der Waals surface area contributed by atoms with E-state index in [1.807, 2.05) is 18.2 Å². The summed E-state index contributed by atoms with van der Waals surface area (Å²) in [6.07, 6.45) is 2.89. The molecule has 0 fully saturated rings. The molecule has 0 bridgehead atoms. The molecule has 0 aliphatic heterocycles. The summed E-state index contributed by atoms with van der Waals surface area (Å²) in [6.45, 7) is 2.33. The van der Waals surface area contributed by atoms with Crippen molar-refractivity contribution >= 4 is 21.6 Å². The van der Waals surface area contributed by atoms with Gasteiger partial charge >= 0.3 is 0 Å². The third kappa shape index (κ3) is 5.06. The van der Waals surface area contributed by atoms with Crippen LogP contribution in [-0.2, 0) is 16.4 Å². The van der Waals surface area contributed by atoms with E-state index in [4.69, 9.17) is 0 Å². The maximum atomic E-state index is 12.4. The van der Waals surface area contributed by atoms with Crippen molar-refractivity contribution in [2.24, 2.45) is 0 Å². The third-order valence-corrected chi connectivity index (χ3v) is 5.35. The summed E-state index contributed by atoms with van der Waals surface area (Å²) in [4.78, 5) is 12.4. The van der Waals surface area contributed by atoms with Crippen molar-refractivity contribution in [3.05, 3.63) is 65.2 Å². The second-order valence-corrected chi connectivity index (χ2v) is 8.04. The third-order valence-electron chi connectivity index (χ3n) is 4.16. The van der Waals surface area contributed by atoms with E-state index < -0.39 is 10.0 Å². The Hall–Kier alpha value is -2.34. The summed E-state index contributed by atoms with van der Waals surface area (Å²) in [6, 6.07) is 15.2. The van der Waals surface area contributed by atoms with E-state index in [2.05, 4.69) is 17.4 Å². The Morgan fingerprint density at radius 1 is 1.08 bits per heavy atom. The van der Waals surface area contributed by atoms with Crippen molar-refractivity contribution in [1.82, 2.24) is 5.32 Å². The summed E-state index contributed by atoms with van der Waals surface area (Å²) < 4.78 is 24.7. The van der Waals surface area contributed by atoms with Gasteiger partial charge < -0.3 is 5.32 Å². The maximum Gasteiger partial charge on any atom is 0.251 e. The number of carbonyl (C=O) groups excluding carboxylic acids is 1. The highest BCUT2D eigenvalue weighted by Crippen LogP contribution is 2.24. The second-order valence-electron chi connectivity index (χ2n) is 6.03. The molecule has 0 atom stereocenters. The van der Waals surface area contributed by atoms with E-state index in [0.717, 1.165) is 19.1 Å². The molecule has 0 aromatic heterocycles. The van der Waals surface area contributed by atoms with Crippen LogP contribution in [0.15, 0.2) is 48.5 Å². The van der Waals surface area contributed by atoms with Crippen molar-refractivity contribution in [3.8, 4) is 0 Å². The average Bonchev–Trinajstić information content (AvgIpc) is 2.58. The lowest BCUT2D eigenvalue weighted by molar-refractivity contribution is 0.0952. The summed E-state index contributed by atoms with van der Waals surface area (Å²) in [5, 5.41) is 2.91. The van der Waals surface area contributed by atoms with Crippen molar-refractivity contribution in [1.29, 1.82) is 0 Å². The summed E-state index contributed by atoms with van der Waals surface area (Å²) in [5.41, 5.74) is 2.90.